The first-order chi connectivity index (χ1) is 15.2. The molecule has 1 fully saturated rings. The van der Waals surface area contributed by atoms with Gasteiger partial charge in [-0.15, -0.1) is 0 Å². The van der Waals surface area contributed by atoms with E-state index in [9.17, 15) is 18.0 Å². The van der Waals surface area contributed by atoms with Crippen molar-refractivity contribution >= 4 is 29.2 Å². The zero-order valence-electron chi connectivity index (χ0n) is 18.2. The SMILES string of the molecule is Cc1cc(C)nc(NC(=O)N2CCCNc3ccc(N4CCCC(C(F)(F)F)C4)nc32)c1. The highest BCUT2D eigenvalue weighted by Gasteiger charge is 2.42. The van der Waals surface area contributed by atoms with E-state index in [0.29, 0.717) is 55.6 Å². The molecular formula is C22H27F3N6O. The van der Waals surface area contributed by atoms with Crippen LogP contribution in [0.2, 0.25) is 0 Å². The third-order valence-corrected chi connectivity index (χ3v) is 5.78. The lowest BCUT2D eigenvalue weighted by molar-refractivity contribution is -0.176. The van der Waals surface area contributed by atoms with Gasteiger partial charge in [0.25, 0.3) is 0 Å². The summed E-state index contributed by atoms with van der Waals surface area (Å²) < 4.78 is 39.8. The van der Waals surface area contributed by atoms with Gasteiger partial charge in [0.1, 0.15) is 11.6 Å². The Kier molecular flexibility index (Phi) is 6.12. The molecule has 7 nitrogen and oxygen atoms in total. The zero-order chi connectivity index (χ0) is 22.9. The molecule has 32 heavy (non-hydrogen) atoms. The van der Waals surface area contributed by atoms with Crippen LogP contribution in [0.4, 0.5) is 41.1 Å². The van der Waals surface area contributed by atoms with Crippen LogP contribution in [0.1, 0.15) is 30.5 Å². The summed E-state index contributed by atoms with van der Waals surface area (Å²) in [5.74, 6) is -0.0591. The molecule has 10 heteroatoms. The maximum atomic E-state index is 13.3. The third kappa shape index (κ3) is 4.89. The Labute approximate surface area is 185 Å². The Balaban J connectivity index is 1.60. The Hall–Kier alpha value is -3.04. The van der Waals surface area contributed by atoms with Crippen LogP contribution in [0, 0.1) is 19.8 Å². The van der Waals surface area contributed by atoms with Crippen LogP contribution in [0.25, 0.3) is 0 Å². The number of aryl methyl sites for hydroxylation is 2. The highest BCUT2D eigenvalue weighted by atomic mass is 19.4. The van der Waals surface area contributed by atoms with Gasteiger partial charge in [0.05, 0.1) is 11.6 Å². The second-order valence-corrected chi connectivity index (χ2v) is 8.40. The van der Waals surface area contributed by atoms with E-state index in [1.165, 1.54) is 4.90 Å². The van der Waals surface area contributed by atoms with E-state index < -0.39 is 12.1 Å². The fourth-order valence-electron chi connectivity index (χ4n) is 4.26. The molecule has 2 aromatic rings. The highest BCUT2D eigenvalue weighted by molar-refractivity contribution is 6.02. The number of halogens is 3. The number of piperidine rings is 1. The molecule has 2 aromatic heterocycles. The molecule has 2 aliphatic rings. The second kappa shape index (κ2) is 8.84. The van der Waals surface area contributed by atoms with Crippen molar-refractivity contribution in [2.75, 3.05) is 46.6 Å². The minimum atomic E-state index is -4.23. The number of amides is 2. The number of hydrogen-bond acceptors (Lipinski definition) is 5. The monoisotopic (exact) mass is 448 g/mol. The smallest absolute Gasteiger partial charge is 0.382 e. The fraction of sp³-hybridized carbons (Fsp3) is 0.500. The molecule has 1 unspecified atom stereocenters. The number of carbonyl (C=O) groups excluding carboxylic acids is 1. The minimum Gasteiger partial charge on any atom is -0.382 e. The number of nitrogens with one attached hydrogen (secondary N) is 2. The van der Waals surface area contributed by atoms with Crippen LogP contribution < -0.4 is 20.4 Å². The van der Waals surface area contributed by atoms with Gasteiger partial charge in [-0.05, 0) is 62.9 Å². The van der Waals surface area contributed by atoms with E-state index in [2.05, 4.69) is 20.6 Å². The van der Waals surface area contributed by atoms with Crippen molar-refractivity contribution in [3.8, 4) is 0 Å². The van der Waals surface area contributed by atoms with Gasteiger partial charge < -0.3 is 10.2 Å². The van der Waals surface area contributed by atoms with E-state index in [-0.39, 0.29) is 19.0 Å². The average Bonchev–Trinajstić information content (AvgIpc) is 2.94. The van der Waals surface area contributed by atoms with E-state index in [0.717, 1.165) is 11.3 Å². The van der Waals surface area contributed by atoms with Gasteiger partial charge in [-0.3, -0.25) is 10.2 Å². The molecule has 0 spiro atoms. The van der Waals surface area contributed by atoms with Crippen molar-refractivity contribution in [3.05, 3.63) is 35.5 Å². The largest absolute Gasteiger partial charge is 0.393 e. The molecule has 1 saturated heterocycles. The van der Waals surface area contributed by atoms with E-state index in [1.54, 1.807) is 23.1 Å². The molecule has 0 radical (unpaired) electrons. The van der Waals surface area contributed by atoms with Gasteiger partial charge in [-0.1, -0.05) is 0 Å². The lowest BCUT2D eigenvalue weighted by Crippen LogP contribution is -2.42. The van der Waals surface area contributed by atoms with Gasteiger partial charge in [0.2, 0.25) is 0 Å². The van der Waals surface area contributed by atoms with Crippen molar-refractivity contribution < 1.29 is 18.0 Å². The van der Waals surface area contributed by atoms with Crippen LogP contribution in [0.15, 0.2) is 24.3 Å². The van der Waals surface area contributed by atoms with Crippen LogP contribution in [0.5, 0.6) is 0 Å². The van der Waals surface area contributed by atoms with E-state index >= 15 is 0 Å². The number of fused-ring (bicyclic) bond motifs is 1. The van der Waals surface area contributed by atoms with Crippen LogP contribution in [0.3, 0.4) is 0 Å². The Bertz CT molecular complexity index is 976. The minimum absolute atomic E-state index is 0.124. The lowest BCUT2D eigenvalue weighted by atomic mass is 9.97. The molecule has 2 amide bonds. The van der Waals surface area contributed by atoms with Crippen LogP contribution >= 0.6 is 0 Å². The number of nitrogens with zero attached hydrogens (tertiary/aromatic N) is 4. The predicted octanol–water partition coefficient (Wildman–Crippen LogP) is 4.73. The molecule has 2 N–H and O–H groups in total. The quantitative estimate of drug-likeness (QED) is 0.695. The maximum Gasteiger partial charge on any atom is 0.393 e. The molecule has 172 valence electrons. The number of anilines is 4. The molecule has 0 saturated carbocycles. The molecule has 1 atom stereocenters. The first-order valence-corrected chi connectivity index (χ1v) is 10.8. The highest BCUT2D eigenvalue weighted by Crippen LogP contribution is 2.36. The number of hydrogen-bond donors (Lipinski definition) is 2. The third-order valence-electron chi connectivity index (χ3n) is 5.78. The number of rotatable bonds is 2. The molecule has 2 aliphatic heterocycles. The molecule has 0 aromatic carbocycles. The molecule has 0 aliphatic carbocycles. The summed E-state index contributed by atoms with van der Waals surface area (Å²) >= 11 is 0. The maximum absolute atomic E-state index is 13.3. The summed E-state index contributed by atoms with van der Waals surface area (Å²) in [7, 11) is 0. The summed E-state index contributed by atoms with van der Waals surface area (Å²) in [4.78, 5) is 25.3. The van der Waals surface area contributed by atoms with Gasteiger partial charge in [-0.25, -0.2) is 14.8 Å². The normalized spacial score (nSPS) is 19.1. The summed E-state index contributed by atoms with van der Waals surface area (Å²) in [6, 6.07) is 6.84. The topological polar surface area (TPSA) is 73.4 Å². The van der Waals surface area contributed by atoms with Gasteiger partial charge in [0.15, 0.2) is 5.82 Å². The molecule has 0 bridgehead atoms. The average molecular weight is 448 g/mol. The number of alkyl halides is 3. The summed E-state index contributed by atoms with van der Waals surface area (Å²) in [6.07, 6.45) is -2.94. The Morgan fingerprint density at radius 3 is 2.72 bits per heavy atom. The van der Waals surface area contributed by atoms with Gasteiger partial charge in [0, 0.05) is 31.9 Å². The number of pyridine rings is 2. The zero-order valence-corrected chi connectivity index (χ0v) is 18.2. The number of carbonyl (C=O) groups is 1. The number of aromatic nitrogens is 2. The summed E-state index contributed by atoms with van der Waals surface area (Å²) in [6.45, 7) is 5.26. The van der Waals surface area contributed by atoms with Crippen molar-refractivity contribution in [2.24, 2.45) is 5.92 Å². The van der Waals surface area contributed by atoms with Gasteiger partial charge >= 0.3 is 12.2 Å². The summed E-state index contributed by atoms with van der Waals surface area (Å²) in [5, 5.41) is 6.09. The van der Waals surface area contributed by atoms with Gasteiger partial charge in [-0.2, -0.15) is 13.2 Å². The standard InChI is InChI=1S/C22H27F3N6O/c1-14-11-15(2)27-18(12-14)28-21(32)31-10-4-8-26-17-6-7-19(29-20(17)31)30-9-3-5-16(13-30)22(23,24)25/h6-7,11-12,16,26H,3-5,8-10,13H2,1-2H3,(H,27,28,32). The lowest BCUT2D eigenvalue weighted by Gasteiger charge is -2.35. The predicted molar refractivity (Wildman–Crippen MR) is 118 cm³/mol. The summed E-state index contributed by atoms with van der Waals surface area (Å²) in [5.41, 5.74) is 2.46. The first-order valence-electron chi connectivity index (χ1n) is 10.8. The van der Waals surface area contributed by atoms with Crippen LogP contribution in [-0.2, 0) is 0 Å². The van der Waals surface area contributed by atoms with E-state index in [1.807, 2.05) is 19.9 Å². The van der Waals surface area contributed by atoms with Crippen molar-refractivity contribution in [1.29, 1.82) is 0 Å². The molecule has 4 heterocycles. The van der Waals surface area contributed by atoms with Crippen LogP contribution in [-0.4, -0.2) is 48.4 Å². The Morgan fingerprint density at radius 2 is 1.97 bits per heavy atom. The van der Waals surface area contributed by atoms with Crippen molar-refractivity contribution in [2.45, 2.75) is 39.3 Å². The van der Waals surface area contributed by atoms with E-state index in [4.69, 9.17) is 0 Å². The fourth-order valence-corrected chi connectivity index (χ4v) is 4.26. The number of urea groups is 1. The molecular weight excluding hydrogens is 421 g/mol. The van der Waals surface area contributed by atoms with Crippen molar-refractivity contribution in [1.82, 2.24) is 9.97 Å². The molecule has 4 rings (SSSR count). The first kappa shape index (κ1) is 22.2. The van der Waals surface area contributed by atoms with Crippen molar-refractivity contribution in [3.63, 3.8) is 0 Å². The Morgan fingerprint density at radius 1 is 1.16 bits per heavy atom. The second-order valence-electron chi connectivity index (χ2n) is 8.40.